The molecule has 38 heavy (non-hydrogen) atoms. The first-order valence-electron chi connectivity index (χ1n) is 12.3. The monoisotopic (exact) mass is 535 g/mol. The average Bonchev–Trinajstić information content (AvgIpc) is 2.92. The molecule has 4 rings (SSSR count). The number of methoxy groups -OCH3 is 1. The van der Waals surface area contributed by atoms with Gasteiger partial charge in [0.1, 0.15) is 29.7 Å². The van der Waals surface area contributed by atoms with E-state index in [1.54, 1.807) is 19.2 Å². The maximum atomic E-state index is 8.76. The first-order chi connectivity index (χ1) is 18.1. The lowest BCUT2D eigenvalue weighted by Crippen LogP contribution is -2.18. The third kappa shape index (κ3) is 15.6. The second-order valence-electron chi connectivity index (χ2n) is 8.95. The standard InChI is InChI=1S/C10H15NO.C8H10O.C7H9OP.C7H8O/c1-9-4-6-10(7-5-9)12-8-11(2)3;1-7-3-5-8(9-2)6-4-7;1-6-2-4-7(8-9)5-3-6;1-6-2-4-7(8)5-3-6/h4-7H,8H2,1-3H3;3-6H,1-2H3;2-5H,9H2,1H3;2-5,8H,1H3. The van der Waals surface area contributed by atoms with Crippen LogP contribution >= 0.6 is 9.47 Å². The van der Waals surface area contributed by atoms with Crippen molar-refractivity contribution in [1.29, 1.82) is 0 Å². The minimum atomic E-state index is 0.329. The van der Waals surface area contributed by atoms with E-state index in [9.17, 15) is 0 Å². The fraction of sp³-hybridized carbons (Fsp3) is 0.250. The number of phenolic OH excluding ortho intramolecular Hbond substituents is 1. The van der Waals surface area contributed by atoms with Gasteiger partial charge in [-0.15, -0.1) is 0 Å². The highest BCUT2D eigenvalue weighted by Crippen LogP contribution is 2.13. The molecule has 0 bridgehead atoms. The Hall–Kier alpha value is -3.53. The molecule has 1 atom stereocenters. The summed E-state index contributed by atoms with van der Waals surface area (Å²) in [6.45, 7) is 8.78. The molecule has 0 saturated heterocycles. The zero-order valence-electron chi connectivity index (χ0n) is 23.6. The molecule has 0 fully saturated rings. The van der Waals surface area contributed by atoms with Crippen molar-refractivity contribution in [3.63, 3.8) is 0 Å². The molecule has 0 saturated carbocycles. The Morgan fingerprint density at radius 1 is 0.579 bits per heavy atom. The van der Waals surface area contributed by atoms with Gasteiger partial charge in [0.25, 0.3) is 0 Å². The molecule has 4 aromatic rings. The van der Waals surface area contributed by atoms with Gasteiger partial charge in [-0.2, -0.15) is 0 Å². The van der Waals surface area contributed by atoms with Gasteiger partial charge in [-0.25, -0.2) is 0 Å². The number of hydrogen-bond donors (Lipinski definition) is 1. The van der Waals surface area contributed by atoms with Crippen LogP contribution in [0.5, 0.6) is 23.0 Å². The summed E-state index contributed by atoms with van der Waals surface area (Å²) in [6.07, 6.45) is 0. The van der Waals surface area contributed by atoms with Crippen LogP contribution in [0.1, 0.15) is 22.3 Å². The number of rotatable bonds is 5. The van der Waals surface area contributed by atoms with Gasteiger partial charge in [-0.05, 0) is 90.3 Å². The number of benzene rings is 4. The first-order valence-corrected chi connectivity index (χ1v) is 12.7. The molecule has 0 spiro atoms. The largest absolute Gasteiger partial charge is 0.508 e. The van der Waals surface area contributed by atoms with Gasteiger partial charge in [0.2, 0.25) is 0 Å². The van der Waals surface area contributed by atoms with E-state index in [-0.39, 0.29) is 0 Å². The van der Waals surface area contributed by atoms with E-state index in [0.29, 0.717) is 12.5 Å². The zero-order valence-corrected chi connectivity index (χ0v) is 24.8. The predicted octanol–water partition coefficient (Wildman–Crippen LogP) is 7.76. The van der Waals surface area contributed by atoms with Gasteiger partial charge in [0, 0.05) is 0 Å². The average molecular weight is 536 g/mol. The molecule has 0 amide bonds. The highest BCUT2D eigenvalue weighted by atomic mass is 31.0. The zero-order chi connectivity index (χ0) is 28.3. The SMILES string of the molecule is COc1ccc(C)cc1.Cc1ccc(O)cc1.Cc1ccc(OCN(C)C)cc1.Cc1ccc(OP)cc1. The van der Waals surface area contributed by atoms with Gasteiger partial charge < -0.3 is 19.1 Å². The van der Waals surface area contributed by atoms with E-state index in [1.807, 2.05) is 118 Å². The van der Waals surface area contributed by atoms with Crippen molar-refractivity contribution in [3.05, 3.63) is 119 Å². The van der Waals surface area contributed by atoms with Crippen molar-refractivity contribution in [3.8, 4) is 23.0 Å². The molecule has 6 heteroatoms. The van der Waals surface area contributed by atoms with Crippen molar-refractivity contribution in [2.75, 3.05) is 27.9 Å². The summed E-state index contributed by atoms with van der Waals surface area (Å²) in [5.41, 5.74) is 4.94. The number of hydrogen-bond acceptors (Lipinski definition) is 5. The Labute approximate surface area is 231 Å². The van der Waals surface area contributed by atoms with Crippen LogP contribution in [-0.2, 0) is 0 Å². The number of aryl methyl sites for hydroxylation is 4. The highest BCUT2D eigenvalue weighted by molar-refractivity contribution is 7.10. The fourth-order valence-electron chi connectivity index (χ4n) is 2.67. The molecule has 0 aromatic heterocycles. The van der Waals surface area contributed by atoms with Crippen LogP contribution in [0.2, 0.25) is 0 Å². The van der Waals surface area contributed by atoms with Gasteiger partial charge in [-0.3, -0.25) is 4.90 Å². The molecular formula is C32H42NO4P. The maximum Gasteiger partial charge on any atom is 0.141 e. The van der Waals surface area contributed by atoms with Crippen molar-refractivity contribution < 1.29 is 19.1 Å². The van der Waals surface area contributed by atoms with Crippen LogP contribution in [0.4, 0.5) is 0 Å². The molecular weight excluding hydrogens is 493 g/mol. The molecule has 4 aromatic carbocycles. The van der Waals surface area contributed by atoms with Crippen molar-refractivity contribution in [2.24, 2.45) is 0 Å². The quantitative estimate of drug-likeness (QED) is 0.209. The molecule has 1 unspecified atom stereocenters. The summed E-state index contributed by atoms with van der Waals surface area (Å²) in [5.74, 6) is 3.05. The Balaban J connectivity index is 0.000000256. The lowest BCUT2D eigenvalue weighted by atomic mass is 10.2. The van der Waals surface area contributed by atoms with Gasteiger partial charge in [0.15, 0.2) is 0 Å². The van der Waals surface area contributed by atoms with E-state index in [4.69, 9.17) is 19.1 Å². The van der Waals surface area contributed by atoms with Crippen LogP contribution in [0, 0.1) is 27.7 Å². The minimum absolute atomic E-state index is 0.329. The summed E-state index contributed by atoms with van der Waals surface area (Å²) < 4.78 is 15.3. The molecule has 0 heterocycles. The van der Waals surface area contributed by atoms with E-state index >= 15 is 0 Å². The smallest absolute Gasteiger partial charge is 0.141 e. The molecule has 204 valence electrons. The Kier molecular flexibility index (Phi) is 16.0. The second kappa shape index (κ2) is 18.7. The normalized spacial score (nSPS) is 9.50. The summed E-state index contributed by atoms with van der Waals surface area (Å²) in [6, 6.07) is 31.0. The van der Waals surface area contributed by atoms with Gasteiger partial charge in [-0.1, -0.05) is 70.8 Å². The van der Waals surface area contributed by atoms with Crippen LogP contribution < -0.4 is 14.0 Å². The molecule has 0 radical (unpaired) electrons. The van der Waals surface area contributed by atoms with Crippen molar-refractivity contribution >= 4 is 9.47 Å². The summed E-state index contributed by atoms with van der Waals surface area (Å²) in [4.78, 5) is 1.99. The van der Waals surface area contributed by atoms with Gasteiger partial charge >= 0.3 is 0 Å². The van der Waals surface area contributed by atoms with Crippen LogP contribution in [0.3, 0.4) is 0 Å². The predicted molar refractivity (Wildman–Crippen MR) is 162 cm³/mol. The third-order valence-corrected chi connectivity index (χ3v) is 5.23. The number of nitrogens with zero attached hydrogens (tertiary/aromatic N) is 1. The van der Waals surface area contributed by atoms with Crippen molar-refractivity contribution in [1.82, 2.24) is 4.90 Å². The van der Waals surface area contributed by atoms with Crippen LogP contribution in [0.15, 0.2) is 97.1 Å². The lowest BCUT2D eigenvalue weighted by Gasteiger charge is -2.11. The van der Waals surface area contributed by atoms with E-state index in [1.165, 1.54) is 22.3 Å². The van der Waals surface area contributed by atoms with Crippen LogP contribution in [-0.4, -0.2) is 37.9 Å². The summed E-state index contributed by atoms with van der Waals surface area (Å²) >= 11 is 0. The van der Waals surface area contributed by atoms with E-state index in [2.05, 4.69) is 23.3 Å². The molecule has 0 aliphatic heterocycles. The van der Waals surface area contributed by atoms with E-state index < -0.39 is 0 Å². The topological polar surface area (TPSA) is 51.2 Å². The summed E-state index contributed by atoms with van der Waals surface area (Å²) in [5, 5.41) is 8.76. The number of aromatic hydroxyl groups is 1. The van der Waals surface area contributed by atoms with Gasteiger partial charge in [0.05, 0.1) is 16.6 Å². The van der Waals surface area contributed by atoms with E-state index in [0.717, 1.165) is 17.2 Å². The molecule has 0 aliphatic rings. The third-order valence-electron chi connectivity index (χ3n) is 4.96. The lowest BCUT2D eigenvalue weighted by molar-refractivity contribution is 0.179. The fourth-order valence-corrected chi connectivity index (χ4v) is 2.83. The second-order valence-corrected chi connectivity index (χ2v) is 9.19. The number of phenols is 1. The molecule has 5 nitrogen and oxygen atoms in total. The van der Waals surface area contributed by atoms with Crippen molar-refractivity contribution in [2.45, 2.75) is 27.7 Å². The van der Waals surface area contributed by atoms with Crippen LogP contribution in [0.25, 0.3) is 0 Å². The summed E-state index contributed by atoms with van der Waals surface area (Å²) in [7, 11) is 7.84. The highest BCUT2D eigenvalue weighted by Gasteiger charge is 1.93. The number of ether oxygens (including phenoxy) is 2. The first kappa shape index (κ1) is 32.5. The Morgan fingerprint density at radius 2 is 0.921 bits per heavy atom. The molecule has 0 aliphatic carbocycles. The Bertz CT molecular complexity index is 1060. The maximum absolute atomic E-state index is 8.76. The Morgan fingerprint density at radius 3 is 1.24 bits per heavy atom. The minimum Gasteiger partial charge on any atom is -0.508 e. The molecule has 1 N–H and O–H groups in total.